The molecule has 0 saturated carbocycles. The Labute approximate surface area is 231 Å². The number of hydrogen-bond acceptors (Lipinski definition) is 8. The van der Waals surface area contributed by atoms with Gasteiger partial charge in [0.2, 0.25) is 5.91 Å². The van der Waals surface area contributed by atoms with Crippen LogP contribution in [0.5, 0.6) is 0 Å². The summed E-state index contributed by atoms with van der Waals surface area (Å²) in [5.41, 5.74) is 8.80. The molecule has 2 rings (SSSR count). The fourth-order valence-electron chi connectivity index (χ4n) is 3.77. The van der Waals surface area contributed by atoms with Crippen molar-refractivity contribution >= 4 is 22.2 Å². The van der Waals surface area contributed by atoms with Crippen molar-refractivity contribution in [3.05, 3.63) is 41.7 Å². The third kappa shape index (κ3) is 16.2. The number of carbonyl (C=O) groups is 1. The first kappa shape index (κ1) is 34.2. The molecule has 1 amide bonds. The molecule has 1 aliphatic heterocycles. The second kappa shape index (κ2) is 21.1. The third-order valence-corrected chi connectivity index (χ3v) is 8.07. The minimum Gasteiger partial charge on any atom is -0.399 e. The Bertz CT molecular complexity index is 766. The molecule has 38 heavy (non-hydrogen) atoms. The second-order valence-corrected chi connectivity index (χ2v) is 11.7. The lowest BCUT2D eigenvalue weighted by atomic mass is 10.1. The van der Waals surface area contributed by atoms with Crippen molar-refractivity contribution in [3.63, 3.8) is 0 Å². The number of aryl methyl sites for hydroxylation is 1. The van der Waals surface area contributed by atoms with Crippen LogP contribution in [0.4, 0.5) is 5.69 Å². The Morgan fingerprint density at radius 2 is 1.84 bits per heavy atom. The van der Waals surface area contributed by atoms with Gasteiger partial charge in [-0.15, -0.1) is 0 Å². The molecule has 10 heteroatoms. The van der Waals surface area contributed by atoms with Crippen molar-refractivity contribution in [1.29, 1.82) is 0 Å². The van der Waals surface area contributed by atoms with E-state index in [1.54, 1.807) is 13.1 Å². The van der Waals surface area contributed by atoms with Crippen LogP contribution in [-0.2, 0) is 29.1 Å². The van der Waals surface area contributed by atoms with Crippen LogP contribution in [0, 0.1) is 0 Å². The largest absolute Gasteiger partial charge is 0.399 e. The first-order chi connectivity index (χ1) is 18.4. The van der Waals surface area contributed by atoms with Gasteiger partial charge in [0, 0.05) is 50.1 Å². The number of aliphatic hydroxyl groups is 1. The van der Waals surface area contributed by atoms with E-state index in [9.17, 15) is 4.79 Å². The summed E-state index contributed by atoms with van der Waals surface area (Å²) < 4.78 is 22.8. The molecular weight excluding hydrogens is 506 g/mol. The standard InChI is InChI=1S/C26H45N3O5S.C2H6O/c1-4-33-35(3,34-5-2)19-9-17-28-25(30)11-8-10-22-13-15-24(16-14-22)29-20-23(27)21-32-26-12-6-7-18-31-26;1-2-3/h13-16,20,26,29H,4-12,17-19,21,27H2,1-3H3,(H,28,30);3H,2H2,1H3/b23-20-;. The fraction of sp³-hybridized carbons (Fsp3) is 0.679. The highest BCUT2D eigenvalue weighted by atomic mass is 32.3. The maximum absolute atomic E-state index is 12.2. The molecule has 0 aromatic heterocycles. The number of aliphatic hydroxyl groups excluding tert-OH is 1. The van der Waals surface area contributed by atoms with E-state index in [2.05, 4.69) is 22.8 Å². The van der Waals surface area contributed by atoms with Crippen molar-refractivity contribution in [2.24, 2.45) is 5.73 Å². The third-order valence-electron chi connectivity index (χ3n) is 5.57. The molecule has 0 radical (unpaired) electrons. The van der Waals surface area contributed by atoms with Crippen molar-refractivity contribution in [3.8, 4) is 0 Å². The number of hydrogen-bond donors (Lipinski definition) is 4. The Morgan fingerprint density at radius 3 is 2.45 bits per heavy atom. The van der Waals surface area contributed by atoms with Gasteiger partial charge in [-0.05, 0) is 77.0 Å². The quantitative estimate of drug-likeness (QED) is 0.205. The molecule has 1 heterocycles. The van der Waals surface area contributed by atoms with E-state index in [0.717, 1.165) is 56.6 Å². The van der Waals surface area contributed by atoms with Gasteiger partial charge in [-0.1, -0.05) is 12.1 Å². The van der Waals surface area contributed by atoms with Gasteiger partial charge in [-0.25, -0.2) is 0 Å². The van der Waals surface area contributed by atoms with Crippen molar-refractivity contribution in [2.45, 2.75) is 72.0 Å². The Hall–Kier alpha value is -1.82. The van der Waals surface area contributed by atoms with E-state index >= 15 is 0 Å². The lowest BCUT2D eigenvalue weighted by molar-refractivity contribution is -0.157. The van der Waals surface area contributed by atoms with Crippen LogP contribution in [0.1, 0.15) is 64.9 Å². The summed E-state index contributed by atoms with van der Waals surface area (Å²) in [5.74, 6) is 0.923. The van der Waals surface area contributed by atoms with Crippen LogP contribution < -0.4 is 16.4 Å². The average Bonchev–Trinajstić information content (AvgIpc) is 2.91. The average molecular weight is 558 g/mol. The van der Waals surface area contributed by atoms with Crippen molar-refractivity contribution in [1.82, 2.24) is 5.32 Å². The SMILES string of the molecule is CCO.CCOS(C)(CCCNC(=O)CCCc1ccc(N/C=C(\N)COC2CCCCO2)cc1)OCC. The summed E-state index contributed by atoms with van der Waals surface area (Å²) in [4.78, 5) is 12.2. The summed E-state index contributed by atoms with van der Waals surface area (Å²) in [5, 5.41) is 13.8. The summed E-state index contributed by atoms with van der Waals surface area (Å²) in [6.07, 6.45) is 9.85. The molecule has 5 N–H and O–H groups in total. The molecule has 220 valence electrons. The second-order valence-electron chi connectivity index (χ2n) is 8.98. The first-order valence-corrected chi connectivity index (χ1v) is 15.9. The highest BCUT2D eigenvalue weighted by Gasteiger charge is 2.15. The number of carbonyl (C=O) groups excluding carboxylic acids is 1. The first-order valence-electron chi connectivity index (χ1n) is 13.8. The predicted octanol–water partition coefficient (Wildman–Crippen LogP) is 4.61. The highest BCUT2D eigenvalue weighted by molar-refractivity contribution is 8.25. The van der Waals surface area contributed by atoms with Gasteiger partial charge in [0.1, 0.15) is 0 Å². The molecule has 1 aliphatic rings. The maximum Gasteiger partial charge on any atom is 0.220 e. The monoisotopic (exact) mass is 557 g/mol. The Balaban J connectivity index is 0.00000229. The zero-order valence-electron chi connectivity index (χ0n) is 23.8. The van der Waals surface area contributed by atoms with Crippen molar-refractivity contribution in [2.75, 3.05) is 56.9 Å². The number of nitrogens with two attached hydrogens (primary N) is 1. The molecule has 0 bridgehead atoms. The highest BCUT2D eigenvalue weighted by Crippen LogP contribution is 2.46. The van der Waals surface area contributed by atoms with Gasteiger partial charge >= 0.3 is 0 Å². The van der Waals surface area contributed by atoms with E-state index < -0.39 is 10.6 Å². The number of ether oxygens (including phenoxy) is 2. The maximum atomic E-state index is 12.2. The molecule has 1 atom stereocenters. The smallest absolute Gasteiger partial charge is 0.220 e. The number of benzene rings is 1. The predicted molar refractivity (Wildman–Crippen MR) is 157 cm³/mol. The fourth-order valence-corrected chi connectivity index (χ4v) is 5.74. The zero-order chi connectivity index (χ0) is 28.1. The topological polar surface area (TPSA) is 124 Å². The molecule has 0 aliphatic carbocycles. The number of nitrogens with one attached hydrogen (secondary N) is 2. The molecule has 1 unspecified atom stereocenters. The van der Waals surface area contributed by atoms with E-state index in [0.29, 0.717) is 38.5 Å². The molecule has 1 aromatic carbocycles. The Kier molecular flexibility index (Phi) is 19.0. The summed E-state index contributed by atoms with van der Waals surface area (Å²) >= 11 is 0. The zero-order valence-corrected chi connectivity index (χ0v) is 24.7. The molecular formula is C28H51N3O6S. The lowest BCUT2D eigenvalue weighted by Gasteiger charge is -2.39. The van der Waals surface area contributed by atoms with Crippen LogP contribution >= 0.6 is 10.6 Å². The van der Waals surface area contributed by atoms with Crippen LogP contribution in [0.15, 0.2) is 36.2 Å². The van der Waals surface area contributed by atoms with Crippen LogP contribution in [0.2, 0.25) is 0 Å². The normalized spacial score (nSPS) is 16.3. The van der Waals surface area contributed by atoms with Gasteiger partial charge in [0.05, 0.1) is 25.5 Å². The van der Waals surface area contributed by atoms with Gasteiger partial charge < -0.3 is 30.9 Å². The lowest BCUT2D eigenvalue weighted by Crippen LogP contribution is -2.25. The summed E-state index contributed by atoms with van der Waals surface area (Å²) in [6.45, 7) is 8.93. The van der Waals surface area contributed by atoms with E-state index in [1.807, 2.05) is 32.2 Å². The molecule has 1 aromatic rings. The van der Waals surface area contributed by atoms with Gasteiger partial charge in [0.25, 0.3) is 0 Å². The summed E-state index contributed by atoms with van der Waals surface area (Å²) in [7, 11) is -1.49. The van der Waals surface area contributed by atoms with Crippen molar-refractivity contribution < 1.29 is 27.7 Å². The number of rotatable bonds is 17. The van der Waals surface area contributed by atoms with Crippen LogP contribution in [0.3, 0.4) is 0 Å². The van der Waals surface area contributed by atoms with Gasteiger partial charge in [0.15, 0.2) is 6.29 Å². The Morgan fingerprint density at radius 1 is 1.16 bits per heavy atom. The number of amides is 1. The van der Waals surface area contributed by atoms with Crippen LogP contribution in [0.25, 0.3) is 0 Å². The molecule has 9 nitrogen and oxygen atoms in total. The van der Waals surface area contributed by atoms with Gasteiger partial charge in [-0.2, -0.15) is 10.6 Å². The molecule has 1 saturated heterocycles. The summed E-state index contributed by atoms with van der Waals surface area (Å²) in [6, 6.07) is 8.17. The van der Waals surface area contributed by atoms with Crippen LogP contribution in [-0.4, -0.2) is 68.9 Å². The molecule has 1 fully saturated rings. The minimum absolute atomic E-state index is 0.0919. The number of anilines is 1. The molecule has 0 spiro atoms. The van der Waals surface area contributed by atoms with E-state index in [1.165, 1.54) is 5.56 Å². The minimum atomic E-state index is -1.49. The van der Waals surface area contributed by atoms with E-state index in [-0.39, 0.29) is 18.8 Å². The van der Waals surface area contributed by atoms with Gasteiger partial charge in [-0.3, -0.25) is 13.2 Å². The van der Waals surface area contributed by atoms with E-state index in [4.69, 9.17) is 28.7 Å².